The zero-order chi connectivity index (χ0) is 18.4. The van der Waals surface area contributed by atoms with Gasteiger partial charge in [-0.2, -0.15) is 0 Å². The Morgan fingerprint density at radius 3 is 2.48 bits per heavy atom. The molecule has 0 saturated carbocycles. The first-order valence-corrected chi connectivity index (χ1v) is 8.95. The molecule has 0 fully saturated rings. The lowest BCUT2D eigenvalue weighted by Crippen LogP contribution is -2.43. The number of hydrazine groups is 1. The van der Waals surface area contributed by atoms with Crippen molar-refractivity contribution in [2.75, 3.05) is 13.7 Å². The molecule has 0 unspecified atom stereocenters. The van der Waals surface area contributed by atoms with Crippen LogP contribution in [-0.4, -0.2) is 28.0 Å². The predicted molar refractivity (Wildman–Crippen MR) is 92.9 cm³/mol. The van der Waals surface area contributed by atoms with Crippen LogP contribution in [0.5, 0.6) is 11.5 Å². The van der Waals surface area contributed by atoms with E-state index in [-0.39, 0.29) is 17.3 Å². The van der Waals surface area contributed by atoms with Crippen molar-refractivity contribution >= 4 is 15.9 Å². The van der Waals surface area contributed by atoms with Crippen molar-refractivity contribution in [3.8, 4) is 11.5 Å². The summed E-state index contributed by atoms with van der Waals surface area (Å²) in [7, 11) is -2.60. The van der Waals surface area contributed by atoms with E-state index in [1.54, 1.807) is 37.3 Å². The Morgan fingerprint density at radius 2 is 1.80 bits per heavy atom. The lowest BCUT2D eigenvalue weighted by molar-refractivity contribution is -0.123. The molecule has 0 aliphatic rings. The first kappa shape index (κ1) is 18.8. The van der Waals surface area contributed by atoms with Crippen LogP contribution in [0.3, 0.4) is 0 Å². The molecular formula is C17H20N2O5S. The minimum atomic E-state index is -3.97. The molecule has 2 aromatic rings. The van der Waals surface area contributed by atoms with Crippen molar-refractivity contribution < 1.29 is 22.7 Å². The maximum absolute atomic E-state index is 12.3. The molecule has 0 heterocycles. The number of methoxy groups -OCH3 is 1. The fourth-order valence-electron chi connectivity index (χ4n) is 2.06. The van der Waals surface area contributed by atoms with E-state index in [9.17, 15) is 13.2 Å². The highest BCUT2D eigenvalue weighted by Gasteiger charge is 2.20. The van der Waals surface area contributed by atoms with E-state index < -0.39 is 15.9 Å². The molecule has 2 aromatic carbocycles. The quantitative estimate of drug-likeness (QED) is 0.730. The van der Waals surface area contributed by atoms with Gasteiger partial charge < -0.3 is 9.47 Å². The smallest absolute Gasteiger partial charge is 0.272 e. The Kier molecular flexibility index (Phi) is 6.00. The molecule has 25 heavy (non-hydrogen) atoms. The van der Waals surface area contributed by atoms with E-state index in [2.05, 4.69) is 5.43 Å². The van der Waals surface area contributed by atoms with Crippen LogP contribution in [0.4, 0.5) is 0 Å². The average molecular weight is 364 g/mol. The van der Waals surface area contributed by atoms with Crippen LogP contribution >= 0.6 is 0 Å². The van der Waals surface area contributed by atoms with E-state index >= 15 is 0 Å². The van der Waals surface area contributed by atoms with E-state index in [0.717, 1.165) is 11.1 Å². The molecule has 0 spiro atoms. The van der Waals surface area contributed by atoms with Gasteiger partial charge in [-0.25, -0.2) is 8.42 Å². The number of nitrogens with one attached hydrogen (secondary N) is 2. The molecule has 0 aromatic heterocycles. The fraction of sp³-hybridized carbons (Fsp3) is 0.235. The number of benzene rings is 2. The molecule has 8 heteroatoms. The number of amides is 1. The molecule has 0 bridgehead atoms. The molecule has 2 N–H and O–H groups in total. The van der Waals surface area contributed by atoms with Gasteiger partial charge in [0.2, 0.25) is 0 Å². The maximum atomic E-state index is 12.3. The van der Waals surface area contributed by atoms with Crippen molar-refractivity contribution in [2.24, 2.45) is 0 Å². The normalized spacial score (nSPS) is 11.0. The maximum Gasteiger partial charge on any atom is 0.272 e. The van der Waals surface area contributed by atoms with Gasteiger partial charge in [0.05, 0.1) is 7.11 Å². The third kappa shape index (κ3) is 5.20. The lowest BCUT2D eigenvalue weighted by atomic mass is 10.2. The SMILES string of the molecule is COc1ccc(C)cc1S(=O)(=O)NNC(=O)COc1cccc(C)c1. The van der Waals surface area contributed by atoms with Gasteiger partial charge in [-0.1, -0.05) is 18.2 Å². The number of rotatable bonds is 7. The van der Waals surface area contributed by atoms with Crippen LogP contribution < -0.4 is 19.7 Å². The Morgan fingerprint density at radius 1 is 1.08 bits per heavy atom. The van der Waals surface area contributed by atoms with Gasteiger partial charge in [0.1, 0.15) is 16.4 Å². The summed E-state index contributed by atoms with van der Waals surface area (Å²) in [6.45, 7) is 3.33. The summed E-state index contributed by atoms with van der Waals surface area (Å²) in [6.07, 6.45) is 0. The first-order chi connectivity index (χ1) is 11.8. The van der Waals surface area contributed by atoms with E-state index in [1.165, 1.54) is 13.2 Å². The molecular weight excluding hydrogens is 344 g/mol. The molecule has 0 aliphatic carbocycles. The summed E-state index contributed by atoms with van der Waals surface area (Å²) in [5, 5.41) is 0. The van der Waals surface area contributed by atoms with Gasteiger partial charge in [-0.15, -0.1) is 4.83 Å². The zero-order valence-electron chi connectivity index (χ0n) is 14.2. The van der Waals surface area contributed by atoms with Crippen molar-refractivity contribution in [1.82, 2.24) is 10.3 Å². The first-order valence-electron chi connectivity index (χ1n) is 7.46. The van der Waals surface area contributed by atoms with Crippen LogP contribution in [-0.2, 0) is 14.8 Å². The summed E-state index contributed by atoms with van der Waals surface area (Å²) in [4.78, 5) is 13.8. The summed E-state index contributed by atoms with van der Waals surface area (Å²) >= 11 is 0. The predicted octanol–water partition coefficient (Wildman–Crippen LogP) is 1.70. The molecule has 0 saturated heterocycles. The van der Waals surface area contributed by atoms with E-state index in [1.807, 2.05) is 17.8 Å². The van der Waals surface area contributed by atoms with Crippen molar-refractivity contribution in [3.05, 3.63) is 53.6 Å². The van der Waals surface area contributed by atoms with Crippen LogP contribution in [0.25, 0.3) is 0 Å². The Hall–Kier alpha value is -2.58. The number of carbonyl (C=O) groups is 1. The topological polar surface area (TPSA) is 93.7 Å². The fourth-order valence-corrected chi connectivity index (χ4v) is 3.18. The van der Waals surface area contributed by atoms with Gasteiger partial charge in [-0.05, 0) is 49.2 Å². The van der Waals surface area contributed by atoms with Crippen LogP contribution in [0.15, 0.2) is 47.4 Å². The van der Waals surface area contributed by atoms with Crippen molar-refractivity contribution in [2.45, 2.75) is 18.7 Å². The number of carbonyl (C=O) groups excluding carboxylic acids is 1. The average Bonchev–Trinajstić information content (AvgIpc) is 2.58. The van der Waals surface area contributed by atoms with Gasteiger partial charge in [-0.3, -0.25) is 10.2 Å². The van der Waals surface area contributed by atoms with Crippen molar-refractivity contribution in [1.29, 1.82) is 0 Å². The van der Waals surface area contributed by atoms with Crippen molar-refractivity contribution in [3.63, 3.8) is 0 Å². The van der Waals surface area contributed by atoms with Gasteiger partial charge in [0, 0.05) is 0 Å². The summed E-state index contributed by atoms with van der Waals surface area (Å²) in [6, 6.07) is 11.9. The number of hydrogen-bond acceptors (Lipinski definition) is 5. The molecule has 0 radical (unpaired) electrons. The highest BCUT2D eigenvalue weighted by molar-refractivity contribution is 7.89. The highest BCUT2D eigenvalue weighted by Crippen LogP contribution is 2.24. The second-order valence-corrected chi connectivity index (χ2v) is 7.06. The standard InChI is InChI=1S/C17H20N2O5S/c1-12-5-4-6-14(9-12)24-11-17(20)18-19-25(21,22)16-10-13(2)7-8-15(16)23-3/h4-10,19H,11H2,1-3H3,(H,18,20). The van der Waals surface area contributed by atoms with Gasteiger partial charge in [0.15, 0.2) is 6.61 Å². The van der Waals surface area contributed by atoms with E-state index in [4.69, 9.17) is 9.47 Å². The Labute approximate surface area is 147 Å². The van der Waals surface area contributed by atoms with Crippen LogP contribution in [0.1, 0.15) is 11.1 Å². The number of aryl methyl sites for hydroxylation is 2. The second-order valence-electron chi connectivity index (χ2n) is 5.41. The lowest BCUT2D eigenvalue weighted by Gasteiger charge is -2.12. The summed E-state index contributed by atoms with van der Waals surface area (Å²) < 4.78 is 35.0. The van der Waals surface area contributed by atoms with Crippen LogP contribution in [0, 0.1) is 13.8 Å². The minimum absolute atomic E-state index is 0.0603. The zero-order valence-corrected chi connectivity index (χ0v) is 15.0. The van der Waals surface area contributed by atoms with Gasteiger partial charge >= 0.3 is 0 Å². The molecule has 0 atom stereocenters. The summed E-state index contributed by atoms with van der Waals surface area (Å²) in [5.74, 6) is 0.0819. The number of hydrogen-bond donors (Lipinski definition) is 2. The Balaban J connectivity index is 1.97. The highest BCUT2D eigenvalue weighted by atomic mass is 32.2. The third-order valence-corrected chi connectivity index (χ3v) is 4.56. The molecule has 2 rings (SSSR count). The molecule has 7 nitrogen and oxygen atoms in total. The molecule has 134 valence electrons. The minimum Gasteiger partial charge on any atom is -0.495 e. The number of ether oxygens (including phenoxy) is 2. The second kappa shape index (κ2) is 8.00. The third-order valence-electron chi connectivity index (χ3n) is 3.29. The van der Waals surface area contributed by atoms with Crippen LogP contribution in [0.2, 0.25) is 0 Å². The summed E-state index contributed by atoms with van der Waals surface area (Å²) in [5.41, 5.74) is 3.86. The molecule has 1 amide bonds. The van der Waals surface area contributed by atoms with E-state index in [0.29, 0.717) is 5.75 Å². The monoisotopic (exact) mass is 364 g/mol. The Bertz CT molecular complexity index is 865. The molecule has 0 aliphatic heterocycles. The number of sulfonamides is 1. The van der Waals surface area contributed by atoms with Gasteiger partial charge in [0.25, 0.3) is 15.9 Å². The largest absolute Gasteiger partial charge is 0.495 e.